The van der Waals surface area contributed by atoms with Gasteiger partial charge >= 0.3 is 12.1 Å². The summed E-state index contributed by atoms with van der Waals surface area (Å²) >= 11 is 0. The quantitative estimate of drug-likeness (QED) is 0.687. The molecule has 1 heterocycles. The van der Waals surface area contributed by atoms with Crippen molar-refractivity contribution in [3.05, 3.63) is 12.2 Å². The normalized spacial score (nSPS) is 24.9. The van der Waals surface area contributed by atoms with Crippen LogP contribution in [0.15, 0.2) is 12.2 Å². The Morgan fingerprint density at radius 1 is 1.50 bits per heavy atom. The molecule has 0 aromatic heterocycles. The van der Waals surface area contributed by atoms with Gasteiger partial charge in [0.1, 0.15) is 11.7 Å². The predicted octanol–water partition coefficient (Wildman–Crippen LogP) is 1.38. The Bertz CT molecular complexity index is 316. The second-order valence-electron chi connectivity index (χ2n) is 4.67. The summed E-state index contributed by atoms with van der Waals surface area (Å²) < 4.78 is 10.0. The summed E-state index contributed by atoms with van der Waals surface area (Å²) in [6, 6.07) is -0.340. The molecule has 0 aromatic carbocycles. The summed E-state index contributed by atoms with van der Waals surface area (Å²) in [5, 5.41) is 2.62. The van der Waals surface area contributed by atoms with E-state index in [2.05, 4.69) is 5.32 Å². The zero-order chi connectivity index (χ0) is 12.3. The summed E-state index contributed by atoms with van der Waals surface area (Å²) in [6.45, 7) is 7.07. The second-order valence-corrected chi connectivity index (χ2v) is 4.67. The monoisotopic (exact) mass is 227 g/mol. The predicted molar refractivity (Wildman–Crippen MR) is 57.9 cm³/mol. The number of amides is 1. The van der Waals surface area contributed by atoms with Crippen molar-refractivity contribution in [3.8, 4) is 0 Å². The highest BCUT2D eigenvalue weighted by molar-refractivity contribution is 5.83. The van der Waals surface area contributed by atoms with Gasteiger partial charge in [-0.1, -0.05) is 6.08 Å². The molecular weight excluding hydrogens is 210 g/mol. The fourth-order valence-electron chi connectivity index (χ4n) is 1.24. The molecule has 5 nitrogen and oxygen atoms in total. The van der Waals surface area contributed by atoms with Gasteiger partial charge in [0.15, 0.2) is 0 Å². The van der Waals surface area contributed by atoms with Crippen LogP contribution < -0.4 is 5.32 Å². The molecule has 0 fully saturated rings. The van der Waals surface area contributed by atoms with E-state index in [1.807, 2.05) is 0 Å². The number of rotatable bonds is 1. The zero-order valence-electron chi connectivity index (χ0n) is 9.94. The lowest BCUT2D eigenvalue weighted by atomic mass is 10.1. The first-order valence-corrected chi connectivity index (χ1v) is 5.16. The lowest BCUT2D eigenvalue weighted by Gasteiger charge is -2.27. The van der Waals surface area contributed by atoms with E-state index in [0.717, 1.165) is 0 Å². The first-order chi connectivity index (χ1) is 7.28. The topological polar surface area (TPSA) is 64.6 Å². The van der Waals surface area contributed by atoms with Gasteiger partial charge in [-0.3, -0.25) is 0 Å². The van der Waals surface area contributed by atoms with Gasteiger partial charge in [-0.05, 0) is 27.7 Å². The minimum absolute atomic E-state index is 0.340. The van der Waals surface area contributed by atoms with Crippen LogP contribution in [0, 0.1) is 0 Å². The van der Waals surface area contributed by atoms with Gasteiger partial charge in [-0.25, -0.2) is 9.59 Å². The van der Waals surface area contributed by atoms with E-state index in [1.54, 1.807) is 33.8 Å². The Labute approximate surface area is 94.8 Å². The highest BCUT2D eigenvalue weighted by Gasteiger charge is 2.26. The molecule has 90 valence electrons. The number of hydrogen-bond donors (Lipinski definition) is 1. The van der Waals surface area contributed by atoms with Crippen LogP contribution in [0.1, 0.15) is 27.7 Å². The molecule has 1 amide bonds. The van der Waals surface area contributed by atoms with Crippen molar-refractivity contribution in [2.24, 2.45) is 0 Å². The maximum atomic E-state index is 11.4. The highest BCUT2D eigenvalue weighted by Crippen LogP contribution is 2.10. The minimum Gasteiger partial charge on any atom is -0.457 e. The van der Waals surface area contributed by atoms with Gasteiger partial charge in [-0.2, -0.15) is 0 Å². The van der Waals surface area contributed by atoms with Crippen LogP contribution in [0.3, 0.4) is 0 Å². The van der Waals surface area contributed by atoms with Crippen LogP contribution in [0.5, 0.6) is 0 Å². The molecule has 0 unspecified atom stereocenters. The first kappa shape index (κ1) is 12.5. The largest absolute Gasteiger partial charge is 0.457 e. The Hall–Kier alpha value is -1.52. The molecule has 0 aliphatic carbocycles. The summed E-state index contributed by atoms with van der Waals surface area (Å²) in [5.41, 5.74) is -0.539. The van der Waals surface area contributed by atoms with Crippen molar-refractivity contribution in [1.29, 1.82) is 0 Å². The van der Waals surface area contributed by atoms with Crippen LogP contribution >= 0.6 is 0 Å². The summed E-state index contributed by atoms with van der Waals surface area (Å²) in [4.78, 5) is 22.3. The molecule has 1 rings (SSSR count). The van der Waals surface area contributed by atoms with Crippen LogP contribution in [0.25, 0.3) is 0 Å². The third-order valence-corrected chi connectivity index (χ3v) is 1.93. The van der Waals surface area contributed by atoms with Crippen molar-refractivity contribution < 1.29 is 19.1 Å². The average molecular weight is 227 g/mol. The van der Waals surface area contributed by atoms with Crippen molar-refractivity contribution in [2.75, 3.05) is 0 Å². The Morgan fingerprint density at radius 3 is 2.62 bits per heavy atom. The fourth-order valence-corrected chi connectivity index (χ4v) is 1.24. The smallest absolute Gasteiger partial charge is 0.408 e. The lowest BCUT2D eigenvalue weighted by Crippen LogP contribution is -2.46. The molecule has 1 aliphatic heterocycles. The second kappa shape index (κ2) is 4.55. The number of alkyl carbamates (subject to hydrolysis) is 1. The number of ether oxygens (including phenoxy) is 2. The van der Waals surface area contributed by atoms with Crippen LogP contribution in [0.4, 0.5) is 4.79 Å². The first-order valence-electron chi connectivity index (χ1n) is 5.16. The zero-order valence-corrected chi connectivity index (χ0v) is 9.94. The van der Waals surface area contributed by atoms with E-state index in [1.165, 1.54) is 6.08 Å². The van der Waals surface area contributed by atoms with Crippen molar-refractivity contribution >= 4 is 12.1 Å². The molecule has 1 aliphatic rings. The maximum absolute atomic E-state index is 11.4. The Morgan fingerprint density at radius 2 is 2.12 bits per heavy atom. The molecule has 0 aromatic rings. The van der Waals surface area contributed by atoms with Crippen molar-refractivity contribution in [2.45, 2.75) is 45.4 Å². The molecule has 0 saturated heterocycles. The standard InChI is InChI=1S/C11H17NO4/c1-7-8(5-6-9(13)15-7)12-10(14)16-11(2,3)4/h5-8H,1-4H3,(H,12,14)/t7-,8-/m1/s1. The summed E-state index contributed by atoms with van der Waals surface area (Å²) in [6.07, 6.45) is 1.99. The van der Waals surface area contributed by atoms with E-state index in [4.69, 9.17) is 9.47 Å². The average Bonchev–Trinajstić information content (AvgIpc) is 2.06. The lowest BCUT2D eigenvalue weighted by molar-refractivity contribution is -0.144. The molecule has 0 saturated carbocycles. The Kier molecular flexibility index (Phi) is 3.57. The van der Waals surface area contributed by atoms with E-state index in [9.17, 15) is 9.59 Å². The molecule has 2 atom stereocenters. The summed E-state index contributed by atoms with van der Waals surface area (Å²) in [5.74, 6) is -0.394. The highest BCUT2D eigenvalue weighted by atomic mass is 16.6. The third kappa shape index (κ3) is 3.92. The van der Waals surface area contributed by atoms with E-state index in [-0.39, 0.29) is 12.1 Å². The summed E-state index contributed by atoms with van der Waals surface area (Å²) in [7, 11) is 0. The van der Waals surface area contributed by atoms with Gasteiger partial charge in [0.25, 0.3) is 0 Å². The van der Waals surface area contributed by atoms with Crippen molar-refractivity contribution in [1.82, 2.24) is 5.32 Å². The van der Waals surface area contributed by atoms with Gasteiger partial charge < -0.3 is 14.8 Å². The molecule has 0 bridgehead atoms. The molecule has 5 heteroatoms. The van der Waals surface area contributed by atoms with E-state index >= 15 is 0 Å². The molecule has 0 radical (unpaired) electrons. The minimum atomic E-state index is -0.539. The third-order valence-electron chi connectivity index (χ3n) is 1.93. The number of esters is 1. The molecule has 16 heavy (non-hydrogen) atoms. The maximum Gasteiger partial charge on any atom is 0.408 e. The fraction of sp³-hybridized carbons (Fsp3) is 0.636. The van der Waals surface area contributed by atoms with Crippen LogP contribution in [0.2, 0.25) is 0 Å². The van der Waals surface area contributed by atoms with Gasteiger partial charge in [0, 0.05) is 6.08 Å². The van der Waals surface area contributed by atoms with E-state index in [0.29, 0.717) is 0 Å². The molecule has 0 spiro atoms. The number of cyclic esters (lactones) is 1. The van der Waals surface area contributed by atoms with Gasteiger partial charge in [-0.15, -0.1) is 0 Å². The number of hydrogen-bond acceptors (Lipinski definition) is 4. The van der Waals surface area contributed by atoms with Gasteiger partial charge in [0.05, 0.1) is 6.04 Å². The Balaban J connectivity index is 2.51. The molecular formula is C11H17NO4. The molecule has 1 N–H and O–H groups in total. The van der Waals surface area contributed by atoms with Crippen LogP contribution in [-0.2, 0) is 14.3 Å². The SMILES string of the molecule is C[C@H]1OC(=O)C=C[C@H]1NC(=O)OC(C)(C)C. The van der Waals surface area contributed by atoms with Crippen molar-refractivity contribution in [3.63, 3.8) is 0 Å². The van der Waals surface area contributed by atoms with E-state index < -0.39 is 17.7 Å². The number of carbonyl (C=O) groups excluding carboxylic acids is 2. The van der Waals surface area contributed by atoms with Gasteiger partial charge in [0.2, 0.25) is 0 Å². The number of nitrogens with one attached hydrogen (secondary N) is 1. The van der Waals surface area contributed by atoms with Crippen LogP contribution in [-0.4, -0.2) is 29.8 Å². The number of carbonyl (C=O) groups is 2.